The highest BCUT2D eigenvalue weighted by atomic mass is 19.1. The van der Waals surface area contributed by atoms with Gasteiger partial charge in [0.15, 0.2) is 0 Å². The normalized spacial score (nSPS) is 14.5. The number of hydrogen-bond donors (Lipinski definition) is 1. The van der Waals surface area contributed by atoms with Crippen LogP contribution >= 0.6 is 0 Å². The van der Waals surface area contributed by atoms with E-state index in [0.717, 1.165) is 25.9 Å². The molecule has 1 saturated heterocycles. The van der Waals surface area contributed by atoms with Gasteiger partial charge in [-0.05, 0) is 45.7 Å². The molecule has 0 spiro atoms. The highest BCUT2D eigenvalue weighted by Gasteiger charge is 2.23. The SMILES string of the molecule is CC(C)(C)OC(=O)N1CCCC1.Nc1ccccc1F. The van der Waals surface area contributed by atoms with Gasteiger partial charge in [0.05, 0.1) is 5.69 Å². The summed E-state index contributed by atoms with van der Waals surface area (Å²) >= 11 is 0. The highest BCUT2D eigenvalue weighted by Crippen LogP contribution is 2.14. The van der Waals surface area contributed by atoms with E-state index in [1.165, 1.54) is 12.1 Å². The third-order valence-corrected chi connectivity index (χ3v) is 2.66. The molecule has 0 atom stereocenters. The predicted octanol–water partition coefficient (Wildman–Crippen LogP) is 3.43. The molecule has 1 fully saturated rings. The van der Waals surface area contributed by atoms with Crippen LogP contribution in [0.2, 0.25) is 0 Å². The maximum atomic E-state index is 12.2. The number of rotatable bonds is 0. The summed E-state index contributed by atoms with van der Waals surface area (Å²) in [6.07, 6.45) is 2.05. The van der Waals surface area contributed by atoms with E-state index in [4.69, 9.17) is 10.5 Å². The van der Waals surface area contributed by atoms with Gasteiger partial charge in [0.2, 0.25) is 0 Å². The molecule has 1 heterocycles. The van der Waals surface area contributed by atoms with Gasteiger partial charge in [-0.25, -0.2) is 9.18 Å². The Balaban J connectivity index is 0.000000217. The lowest BCUT2D eigenvalue weighted by Crippen LogP contribution is -2.34. The first-order valence-electron chi connectivity index (χ1n) is 6.77. The molecule has 0 saturated carbocycles. The molecule has 1 aliphatic rings. The van der Waals surface area contributed by atoms with E-state index in [9.17, 15) is 9.18 Å². The van der Waals surface area contributed by atoms with Crippen LogP contribution in [0.1, 0.15) is 33.6 Å². The molecule has 20 heavy (non-hydrogen) atoms. The number of nitrogen functional groups attached to an aromatic ring is 1. The molecule has 0 aliphatic carbocycles. The smallest absolute Gasteiger partial charge is 0.410 e. The van der Waals surface area contributed by atoms with Crippen molar-refractivity contribution in [2.75, 3.05) is 18.8 Å². The van der Waals surface area contributed by atoms with Crippen LogP contribution in [0.4, 0.5) is 14.9 Å². The second kappa shape index (κ2) is 7.12. The number of hydrogen-bond acceptors (Lipinski definition) is 3. The van der Waals surface area contributed by atoms with Crippen LogP contribution < -0.4 is 5.73 Å². The van der Waals surface area contributed by atoms with E-state index in [0.29, 0.717) is 0 Å². The Hall–Kier alpha value is -1.78. The molecular weight excluding hydrogens is 259 g/mol. The first kappa shape index (κ1) is 16.3. The molecule has 1 aliphatic heterocycles. The zero-order valence-electron chi connectivity index (χ0n) is 12.4. The van der Waals surface area contributed by atoms with Crippen LogP contribution in [0.25, 0.3) is 0 Å². The zero-order chi connectivity index (χ0) is 15.2. The zero-order valence-corrected chi connectivity index (χ0v) is 12.4. The molecule has 0 aromatic heterocycles. The summed E-state index contributed by atoms with van der Waals surface area (Å²) in [5, 5.41) is 0. The number of nitrogens with two attached hydrogens (primary N) is 1. The summed E-state index contributed by atoms with van der Waals surface area (Å²) in [6, 6.07) is 6.15. The Morgan fingerprint density at radius 1 is 1.25 bits per heavy atom. The number of para-hydroxylation sites is 1. The minimum absolute atomic E-state index is 0.167. The van der Waals surface area contributed by atoms with E-state index >= 15 is 0 Å². The Kier molecular flexibility index (Phi) is 5.80. The Bertz CT molecular complexity index is 417. The van der Waals surface area contributed by atoms with Crippen LogP contribution in [0.3, 0.4) is 0 Å². The van der Waals surface area contributed by atoms with Crippen LogP contribution in [0.5, 0.6) is 0 Å². The quantitative estimate of drug-likeness (QED) is 0.742. The van der Waals surface area contributed by atoms with Crippen molar-refractivity contribution in [2.45, 2.75) is 39.2 Å². The second-order valence-electron chi connectivity index (χ2n) is 5.70. The minimum Gasteiger partial charge on any atom is -0.444 e. The largest absolute Gasteiger partial charge is 0.444 e. The number of halogens is 1. The summed E-state index contributed by atoms with van der Waals surface area (Å²) in [4.78, 5) is 13.1. The fourth-order valence-corrected chi connectivity index (χ4v) is 1.70. The molecule has 0 unspecified atom stereocenters. The van der Waals surface area contributed by atoms with Gasteiger partial charge in [0.1, 0.15) is 11.4 Å². The van der Waals surface area contributed by atoms with Gasteiger partial charge in [0, 0.05) is 13.1 Å². The highest BCUT2D eigenvalue weighted by molar-refractivity contribution is 5.68. The van der Waals surface area contributed by atoms with Crippen molar-refractivity contribution in [3.05, 3.63) is 30.1 Å². The Morgan fingerprint density at radius 2 is 1.80 bits per heavy atom. The summed E-state index contributed by atoms with van der Waals surface area (Å²) in [5.41, 5.74) is 4.98. The molecule has 1 aromatic rings. The third-order valence-electron chi connectivity index (χ3n) is 2.66. The molecule has 0 bridgehead atoms. The van der Waals surface area contributed by atoms with Crippen LogP contribution in [0, 0.1) is 5.82 Å². The van der Waals surface area contributed by atoms with E-state index in [1.54, 1.807) is 17.0 Å². The summed E-state index contributed by atoms with van der Waals surface area (Å²) in [5.74, 6) is -0.354. The van der Waals surface area contributed by atoms with Gasteiger partial charge < -0.3 is 15.4 Å². The van der Waals surface area contributed by atoms with Crippen molar-refractivity contribution in [2.24, 2.45) is 0 Å². The lowest BCUT2D eigenvalue weighted by atomic mass is 10.2. The van der Waals surface area contributed by atoms with E-state index in [-0.39, 0.29) is 23.2 Å². The molecule has 4 nitrogen and oxygen atoms in total. The first-order valence-corrected chi connectivity index (χ1v) is 6.77. The standard InChI is InChI=1S/C9H17NO2.C6H6FN/c1-9(2,3)12-8(11)10-6-4-5-7-10;7-5-3-1-2-4-6(5)8/h4-7H2,1-3H3;1-4H,8H2. The number of benzene rings is 1. The molecule has 1 amide bonds. The van der Waals surface area contributed by atoms with Gasteiger partial charge >= 0.3 is 6.09 Å². The van der Waals surface area contributed by atoms with Crippen LogP contribution in [-0.2, 0) is 4.74 Å². The van der Waals surface area contributed by atoms with E-state index in [2.05, 4.69) is 0 Å². The predicted molar refractivity (Wildman–Crippen MR) is 77.9 cm³/mol. The number of anilines is 1. The molecule has 2 rings (SSSR count). The van der Waals surface area contributed by atoms with Crippen molar-refractivity contribution >= 4 is 11.8 Å². The number of nitrogens with zero attached hydrogens (tertiary/aromatic N) is 1. The molecule has 0 radical (unpaired) electrons. The van der Waals surface area contributed by atoms with Gasteiger partial charge in [-0.2, -0.15) is 0 Å². The van der Waals surface area contributed by atoms with Crippen molar-refractivity contribution in [3.8, 4) is 0 Å². The monoisotopic (exact) mass is 282 g/mol. The maximum Gasteiger partial charge on any atom is 0.410 e. The van der Waals surface area contributed by atoms with Crippen molar-refractivity contribution in [3.63, 3.8) is 0 Å². The van der Waals surface area contributed by atoms with Crippen LogP contribution in [0.15, 0.2) is 24.3 Å². The minimum atomic E-state index is -0.361. The summed E-state index contributed by atoms with van der Waals surface area (Å²) in [6.45, 7) is 7.38. The number of amides is 1. The lowest BCUT2D eigenvalue weighted by Gasteiger charge is -2.23. The third kappa shape index (κ3) is 5.91. The average molecular weight is 282 g/mol. The first-order chi connectivity index (χ1) is 9.29. The Labute approximate surface area is 119 Å². The van der Waals surface area contributed by atoms with Crippen molar-refractivity contribution < 1.29 is 13.9 Å². The van der Waals surface area contributed by atoms with E-state index in [1.807, 2.05) is 20.8 Å². The van der Waals surface area contributed by atoms with Gasteiger partial charge in [-0.15, -0.1) is 0 Å². The molecule has 1 aromatic carbocycles. The van der Waals surface area contributed by atoms with Crippen LogP contribution in [-0.4, -0.2) is 29.7 Å². The fraction of sp³-hybridized carbons (Fsp3) is 0.533. The lowest BCUT2D eigenvalue weighted by molar-refractivity contribution is 0.0295. The fourth-order valence-electron chi connectivity index (χ4n) is 1.70. The molecule has 5 heteroatoms. The van der Waals surface area contributed by atoms with Gasteiger partial charge in [-0.3, -0.25) is 0 Å². The van der Waals surface area contributed by atoms with Crippen molar-refractivity contribution in [1.82, 2.24) is 4.90 Å². The number of carbonyl (C=O) groups excluding carboxylic acids is 1. The van der Waals surface area contributed by atoms with Gasteiger partial charge in [-0.1, -0.05) is 12.1 Å². The summed E-state index contributed by atoms with van der Waals surface area (Å²) in [7, 11) is 0. The maximum absolute atomic E-state index is 12.2. The second-order valence-corrected chi connectivity index (χ2v) is 5.70. The summed E-state index contributed by atoms with van der Waals surface area (Å²) < 4.78 is 17.4. The molecule has 112 valence electrons. The molecule has 2 N–H and O–H groups in total. The van der Waals surface area contributed by atoms with Gasteiger partial charge in [0.25, 0.3) is 0 Å². The number of ether oxygens (including phenoxy) is 1. The number of likely N-dealkylation sites (tertiary alicyclic amines) is 1. The topological polar surface area (TPSA) is 55.6 Å². The Morgan fingerprint density at radius 3 is 2.20 bits per heavy atom. The van der Waals surface area contributed by atoms with E-state index < -0.39 is 0 Å². The number of carbonyl (C=O) groups is 1. The van der Waals surface area contributed by atoms with Crippen molar-refractivity contribution in [1.29, 1.82) is 0 Å². The molecular formula is C15H23FN2O2. The average Bonchev–Trinajstić information content (AvgIpc) is 2.85.